The number of aliphatic hydroxyl groups excluding tert-OH is 13. The van der Waals surface area contributed by atoms with Crippen LogP contribution >= 0.6 is 0 Å². The number of hydrogen-bond acceptors (Lipinski definition) is 20. The SMILES string of the molecule is CC(C)(O)/C=C/C[C@](C)(O[C@@H]1O[C@H](CO)[C@@H](O)[C@H](O)[C@H]1O)[C@H]1CC[C@]2(C)[C@@H]1[C@H](O)CC1[C@@]3(C)C[C@@H](O)[C@H](O[C@@H]4O[C@H](CO)[C@@H](O)[C@H](O)[C@H]4O[C@@H]4O[C@H](CO)[C@@H](O)[C@H](O)[C@H]4O)C(C)(C)C3CC[C@]12C. The summed E-state index contributed by atoms with van der Waals surface area (Å²) >= 11 is 0. The lowest BCUT2D eigenvalue weighted by molar-refractivity contribution is -0.383. The molecule has 26 atom stereocenters. The lowest BCUT2D eigenvalue weighted by atomic mass is 9.35. The molecule has 0 spiro atoms. The first-order valence-corrected chi connectivity index (χ1v) is 24.5. The molecule has 2 unspecified atom stereocenters. The van der Waals surface area contributed by atoms with E-state index in [2.05, 4.69) is 20.8 Å². The van der Waals surface area contributed by atoms with Crippen LogP contribution in [0.3, 0.4) is 0 Å². The van der Waals surface area contributed by atoms with Gasteiger partial charge in [-0.2, -0.15) is 0 Å². The average Bonchev–Trinajstić information content (AvgIpc) is 3.65. The largest absolute Gasteiger partial charge is 0.394 e. The monoisotopic (exact) mass is 979 g/mol. The predicted octanol–water partition coefficient (Wildman–Crippen LogP) is -2.09. The van der Waals surface area contributed by atoms with Gasteiger partial charge in [-0.25, -0.2) is 0 Å². The van der Waals surface area contributed by atoms with Gasteiger partial charge in [-0.3, -0.25) is 0 Å². The Morgan fingerprint density at radius 1 is 0.588 bits per heavy atom. The molecule has 4 aliphatic carbocycles. The van der Waals surface area contributed by atoms with Crippen molar-refractivity contribution < 1.29 is 99.9 Å². The van der Waals surface area contributed by atoms with Gasteiger partial charge in [0.25, 0.3) is 0 Å². The molecule has 3 heterocycles. The Balaban J connectivity index is 1.16. The molecule has 394 valence electrons. The van der Waals surface area contributed by atoms with Crippen molar-refractivity contribution >= 4 is 0 Å². The highest BCUT2D eigenvalue weighted by Crippen LogP contribution is 2.76. The Bertz CT molecular complexity index is 1750. The third-order valence-electron chi connectivity index (χ3n) is 18.6. The molecule has 4 saturated carbocycles. The van der Waals surface area contributed by atoms with Crippen LogP contribution in [0.1, 0.15) is 100 Å². The number of hydrogen-bond donors (Lipinski definition) is 14. The Labute approximate surface area is 398 Å². The topological polar surface area (TPSA) is 339 Å². The summed E-state index contributed by atoms with van der Waals surface area (Å²) in [5.41, 5.74) is -4.59. The Morgan fingerprint density at radius 2 is 1.10 bits per heavy atom. The normalized spacial score (nSPS) is 52.8. The van der Waals surface area contributed by atoms with Gasteiger partial charge in [-0.05, 0) is 111 Å². The van der Waals surface area contributed by atoms with Gasteiger partial charge < -0.3 is 99.9 Å². The first-order chi connectivity index (χ1) is 31.5. The minimum absolute atomic E-state index is 0.115. The second-order valence-corrected chi connectivity index (χ2v) is 23.5. The number of fused-ring (bicyclic) bond motifs is 5. The van der Waals surface area contributed by atoms with Crippen LogP contribution in [-0.4, -0.2) is 213 Å². The van der Waals surface area contributed by atoms with Crippen LogP contribution in [0.4, 0.5) is 0 Å². The average molecular weight is 979 g/mol. The van der Waals surface area contributed by atoms with E-state index in [9.17, 15) is 71.5 Å². The van der Waals surface area contributed by atoms with E-state index in [1.54, 1.807) is 26.0 Å². The molecular formula is C48H82O20. The predicted molar refractivity (Wildman–Crippen MR) is 236 cm³/mol. The first kappa shape index (κ1) is 54.7. The fraction of sp³-hybridized carbons (Fsp3) is 0.958. The van der Waals surface area contributed by atoms with Gasteiger partial charge in [0.1, 0.15) is 73.2 Å². The lowest BCUT2D eigenvalue weighted by Crippen LogP contribution is -2.70. The summed E-state index contributed by atoms with van der Waals surface area (Å²) in [5.74, 6) is -0.899. The van der Waals surface area contributed by atoms with Gasteiger partial charge in [0.05, 0.1) is 49.3 Å². The lowest BCUT2D eigenvalue weighted by Gasteiger charge is -2.71. The molecule has 20 heteroatoms. The van der Waals surface area contributed by atoms with Crippen molar-refractivity contribution in [2.45, 2.75) is 222 Å². The highest BCUT2D eigenvalue weighted by atomic mass is 16.8. The van der Waals surface area contributed by atoms with E-state index < -0.39 is 163 Å². The summed E-state index contributed by atoms with van der Waals surface area (Å²) in [5, 5.41) is 152. The quantitative estimate of drug-likeness (QED) is 0.0695. The summed E-state index contributed by atoms with van der Waals surface area (Å²) in [4.78, 5) is 0. The van der Waals surface area contributed by atoms with Crippen molar-refractivity contribution in [3.63, 3.8) is 0 Å². The Hall–Kier alpha value is -1.06. The smallest absolute Gasteiger partial charge is 0.187 e. The van der Waals surface area contributed by atoms with Crippen LogP contribution in [-0.2, 0) is 28.4 Å². The van der Waals surface area contributed by atoms with E-state index >= 15 is 0 Å². The van der Waals surface area contributed by atoms with Gasteiger partial charge >= 0.3 is 0 Å². The molecule has 0 aromatic heterocycles. The molecular weight excluding hydrogens is 897 g/mol. The first-order valence-electron chi connectivity index (χ1n) is 24.5. The van der Waals surface area contributed by atoms with Crippen molar-refractivity contribution in [3.05, 3.63) is 12.2 Å². The van der Waals surface area contributed by atoms with Crippen molar-refractivity contribution in [1.29, 1.82) is 0 Å². The van der Waals surface area contributed by atoms with Crippen LogP contribution < -0.4 is 0 Å². The zero-order valence-corrected chi connectivity index (χ0v) is 40.6. The Kier molecular flexibility index (Phi) is 15.8. The summed E-state index contributed by atoms with van der Waals surface area (Å²) < 4.78 is 36.7. The Morgan fingerprint density at radius 3 is 1.66 bits per heavy atom. The maximum absolute atomic E-state index is 12.7. The van der Waals surface area contributed by atoms with Crippen LogP contribution in [0, 0.1) is 45.3 Å². The zero-order chi connectivity index (χ0) is 50.4. The van der Waals surface area contributed by atoms with Crippen molar-refractivity contribution in [3.8, 4) is 0 Å². The van der Waals surface area contributed by atoms with Gasteiger partial charge in [0.15, 0.2) is 18.9 Å². The molecule has 0 bridgehead atoms. The highest BCUT2D eigenvalue weighted by Gasteiger charge is 2.73. The maximum Gasteiger partial charge on any atom is 0.187 e. The molecule has 0 amide bonds. The molecule has 68 heavy (non-hydrogen) atoms. The molecule has 7 fully saturated rings. The van der Waals surface area contributed by atoms with Crippen LogP contribution in [0.2, 0.25) is 0 Å². The fourth-order valence-electron chi connectivity index (χ4n) is 14.9. The number of rotatable bonds is 13. The highest BCUT2D eigenvalue weighted by molar-refractivity contribution is 5.21. The minimum Gasteiger partial charge on any atom is -0.394 e. The standard InChI is InChI=1S/C48H82O20/c1-43(2,62)12-9-13-48(8,68-41-37(61)34(58)31(55)25(19-50)64-41)21-10-14-47(7)29(21)22(52)16-28-45(5)17-23(53)39(44(3,4)27(45)11-15-46(28,47)6)67-42-38(35(59)32(56)26(20-51)65-42)66-40-36(60)33(57)30(54)24(18-49)63-40/h9,12,21-42,49-62H,10-11,13-20H2,1-8H3/b12-9+/t21-,22+,23+,24+,25+,26+,27?,28?,29-,30+,31+,32+,33-,34-,35-,36+,37+,38+,39-,40-,41-,42-,45-,46+,47+,48-/m0/s1. The second-order valence-electron chi connectivity index (χ2n) is 23.5. The van der Waals surface area contributed by atoms with E-state index in [1.807, 2.05) is 20.8 Å². The van der Waals surface area contributed by atoms with Crippen LogP contribution in [0.25, 0.3) is 0 Å². The number of aliphatic hydroxyl groups is 14. The van der Waals surface area contributed by atoms with Gasteiger partial charge in [0.2, 0.25) is 0 Å². The fourth-order valence-corrected chi connectivity index (χ4v) is 14.9. The van der Waals surface area contributed by atoms with E-state index in [-0.39, 0.29) is 36.5 Å². The van der Waals surface area contributed by atoms with Crippen molar-refractivity contribution in [2.75, 3.05) is 19.8 Å². The second kappa shape index (κ2) is 19.7. The summed E-state index contributed by atoms with van der Waals surface area (Å²) in [6.07, 6.45) is -20.0. The minimum atomic E-state index is -1.86. The molecule has 0 radical (unpaired) electrons. The summed E-state index contributed by atoms with van der Waals surface area (Å²) in [6.45, 7) is 13.7. The van der Waals surface area contributed by atoms with Crippen molar-refractivity contribution in [1.82, 2.24) is 0 Å². The maximum atomic E-state index is 12.7. The molecule has 0 aromatic rings. The number of ether oxygens (including phenoxy) is 6. The molecule has 3 aliphatic heterocycles. The molecule has 14 N–H and O–H groups in total. The van der Waals surface area contributed by atoms with Crippen LogP contribution in [0.15, 0.2) is 12.2 Å². The third kappa shape index (κ3) is 9.19. The molecule has 7 aliphatic rings. The van der Waals surface area contributed by atoms with Crippen molar-refractivity contribution in [2.24, 2.45) is 45.3 Å². The molecule has 7 rings (SSSR count). The van der Waals surface area contributed by atoms with Crippen LogP contribution in [0.5, 0.6) is 0 Å². The van der Waals surface area contributed by atoms with E-state index in [0.29, 0.717) is 25.7 Å². The van der Waals surface area contributed by atoms with E-state index in [1.165, 1.54) is 0 Å². The summed E-state index contributed by atoms with van der Waals surface area (Å²) in [6, 6.07) is 0. The molecule has 3 saturated heterocycles. The van der Waals surface area contributed by atoms with E-state index in [0.717, 1.165) is 6.42 Å². The molecule has 20 nitrogen and oxygen atoms in total. The summed E-state index contributed by atoms with van der Waals surface area (Å²) in [7, 11) is 0. The third-order valence-corrected chi connectivity index (χ3v) is 18.6. The van der Waals surface area contributed by atoms with Gasteiger partial charge in [-0.1, -0.05) is 46.8 Å². The van der Waals surface area contributed by atoms with Gasteiger partial charge in [0, 0.05) is 0 Å². The van der Waals surface area contributed by atoms with E-state index in [4.69, 9.17) is 28.4 Å². The zero-order valence-electron chi connectivity index (χ0n) is 40.6. The molecule has 0 aromatic carbocycles. The van der Waals surface area contributed by atoms with Gasteiger partial charge in [-0.15, -0.1) is 0 Å².